The van der Waals surface area contributed by atoms with E-state index in [1.807, 2.05) is 6.92 Å². The molecule has 1 aromatic heterocycles. The van der Waals surface area contributed by atoms with Gasteiger partial charge in [-0.25, -0.2) is 4.98 Å². The standard InChI is InChI=1S/C12H20N4OS/c1-8-9(2)18-11(15-8)7-16-5-4-14-6-10(16)12(17)13-3/h10,14H,4-7H2,1-3H3,(H,13,17). The van der Waals surface area contributed by atoms with Crippen LogP contribution in [-0.4, -0.2) is 48.5 Å². The number of aryl methyl sites for hydroxylation is 2. The summed E-state index contributed by atoms with van der Waals surface area (Å²) in [7, 11) is 1.69. The van der Waals surface area contributed by atoms with Crippen molar-refractivity contribution in [3.05, 3.63) is 15.6 Å². The number of carbonyl (C=O) groups is 1. The Kier molecular flexibility index (Phi) is 4.31. The van der Waals surface area contributed by atoms with E-state index in [4.69, 9.17) is 0 Å². The third-order valence-corrected chi connectivity index (χ3v) is 4.37. The first-order chi connectivity index (χ1) is 8.61. The fourth-order valence-electron chi connectivity index (χ4n) is 2.14. The van der Waals surface area contributed by atoms with E-state index in [2.05, 4.69) is 27.4 Å². The van der Waals surface area contributed by atoms with Crippen LogP contribution in [0.3, 0.4) is 0 Å². The summed E-state index contributed by atoms with van der Waals surface area (Å²) in [4.78, 5) is 19.8. The summed E-state index contributed by atoms with van der Waals surface area (Å²) in [6.07, 6.45) is 0. The Balaban J connectivity index is 2.07. The lowest BCUT2D eigenvalue weighted by molar-refractivity contribution is -0.126. The number of nitrogens with one attached hydrogen (secondary N) is 2. The SMILES string of the molecule is CNC(=O)C1CNCCN1Cc1nc(C)c(C)s1. The van der Waals surface area contributed by atoms with Crippen LogP contribution < -0.4 is 10.6 Å². The highest BCUT2D eigenvalue weighted by molar-refractivity contribution is 7.11. The third-order valence-electron chi connectivity index (χ3n) is 3.31. The lowest BCUT2D eigenvalue weighted by Gasteiger charge is -2.34. The molecule has 0 radical (unpaired) electrons. The molecule has 5 nitrogen and oxygen atoms in total. The van der Waals surface area contributed by atoms with Crippen molar-refractivity contribution >= 4 is 17.2 Å². The van der Waals surface area contributed by atoms with Crippen LogP contribution in [0.5, 0.6) is 0 Å². The second kappa shape index (κ2) is 5.77. The van der Waals surface area contributed by atoms with Crippen LogP contribution in [0, 0.1) is 13.8 Å². The van der Waals surface area contributed by atoms with Gasteiger partial charge < -0.3 is 10.6 Å². The van der Waals surface area contributed by atoms with E-state index in [1.54, 1.807) is 18.4 Å². The third kappa shape index (κ3) is 2.88. The molecule has 1 amide bonds. The molecule has 0 saturated carbocycles. The van der Waals surface area contributed by atoms with Gasteiger partial charge in [0.25, 0.3) is 0 Å². The molecule has 1 unspecified atom stereocenters. The van der Waals surface area contributed by atoms with E-state index in [-0.39, 0.29) is 11.9 Å². The summed E-state index contributed by atoms with van der Waals surface area (Å²) in [6, 6.07) is -0.0896. The Hall–Kier alpha value is -0.980. The largest absolute Gasteiger partial charge is 0.358 e. The predicted octanol–water partition coefficient (Wildman–Crippen LogP) is 0.280. The Labute approximate surface area is 112 Å². The molecule has 1 aliphatic heterocycles. The molecule has 1 fully saturated rings. The molecule has 2 rings (SSSR count). The zero-order chi connectivity index (χ0) is 13.1. The highest BCUT2D eigenvalue weighted by atomic mass is 32.1. The molecular formula is C12H20N4OS. The van der Waals surface area contributed by atoms with Crippen LogP contribution in [0.25, 0.3) is 0 Å². The number of nitrogens with zero attached hydrogens (tertiary/aromatic N) is 2. The van der Waals surface area contributed by atoms with Crippen molar-refractivity contribution < 1.29 is 4.79 Å². The number of likely N-dealkylation sites (N-methyl/N-ethyl adjacent to an activating group) is 1. The van der Waals surface area contributed by atoms with Gasteiger partial charge in [0.2, 0.25) is 5.91 Å². The van der Waals surface area contributed by atoms with Crippen molar-refractivity contribution in [1.82, 2.24) is 20.5 Å². The van der Waals surface area contributed by atoms with Gasteiger partial charge >= 0.3 is 0 Å². The van der Waals surface area contributed by atoms with Crippen molar-refractivity contribution in [2.45, 2.75) is 26.4 Å². The molecule has 0 aliphatic carbocycles. The quantitative estimate of drug-likeness (QED) is 0.827. The Morgan fingerprint density at radius 1 is 1.61 bits per heavy atom. The number of aromatic nitrogens is 1. The molecule has 100 valence electrons. The molecule has 18 heavy (non-hydrogen) atoms. The van der Waals surface area contributed by atoms with Crippen molar-refractivity contribution in [3.8, 4) is 0 Å². The van der Waals surface area contributed by atoms with Gasteiger partial charge in [0.1, 0.15) is 11.0 Å². The Morgan fingerprint density at radius 3 is 3.00 bits per heavy atom. The summed E-state index contributed by atoms with van der Waals surface area (Å²) >= 11 is 1.72. The maximum Gasteiger partial charge on any atom is 0.238 e. The zero-order valence-corrected chi connectivity index (χ0v) is 11.9. The summed E-state index contributed by atoms with van der Waals surface area (Å²) in [5.41, 5.74) is 1.10. The molecule has 2 heterocycles. The lowest BCUT2D eigenvalue weighted by Crippen LogP contribution is -2.56. The Morgan fingerprint density at radius 2 is 2.39 bits per heavy atom. The second-order valence-electron chi connectivity index (χ2n) is 4.55. The van der Waals surface area contributed by atoms with Gasteiger partial charge in [0.05, 0.1) is 12.2 Å². The van der Waals surface area contributed by atoms with Crippen molar-refractivity contribution in [3.63, 3.8) is 0 Å². The van der Waals surface area contributed by atoms with E-state index >= 15 is 0 Å². The minimum Gasteiger partial charge on any atom is -0.358 e. The molecule has 6 heteroatoms. The molecule has 1 aromatic rings. The monoisotopic (exact) mass is 268 g/mol. The number of amides is 1. The van der Waals surface area contributed by atoms with Gasteiger partial charge in [0.15, 0.2) is 0 Å². The first kappa shape index (κ1) is 13.5. The summed E-state index contributed by atoms with van der Waals surface area (Å²) in [5.74, 6) is 0.0761. The van der Waals surface area contributed by atoms with Crippen molar-refractivity contribution in [2.24, 2.45) is 0 Å². The first-order valence-corrected chi connectivity index (χ1v) is 7.02. The molecular weight excluding hydrogens is 248 g/mol. The fourth-order valence-corrected chi connectivity index (χ4v) is 3.10. The Bertz CT molecular complexity index is 412. The summed E-state index contributed by atoms with van der Waals surface area (Å²) in [6.45, 7) is 7.41. The first-order valence-electron chi connectivity index (χ1n) is 6.21. The maximum atomic E-state index is 11.8. The number of hydrogen-bond acceptors (Lipinski definition) is 5. The van der Waals surface area contributed by atoms with Crippen molar-refractivity contribution in [2.75, 3.05) is 26.7 Å². The second-order valence-corrected chi connectivity index (χ2v) is 5.84. The van der Waals surface area contributed by atoms with E-state index in [1.165, 1.54) is 4.88 Å². The fraction of sp³-hybridized carbons (Fsp3) is 0.667. The van der Waals surface area contributed by atoms with Gasteiger partial charge in [-0.3, -0.25) is 9.69 Å². The topological polar surface area (TPSA) is 57.3 Å². The number of carbonyl (C=O) groups excluding carboxylic acids is 1. The lowest BCUT2D eigenvalue weighted by atomic mass is 10.2. The van der Waals surface area contributed by atoms with Gasteiger partial charge in [0, 0.05) is 31.6 Å². The predicted molar refractivity (Wildman–Crippen MR) is 72.7 cm³/mol. The number of hydrogen-bond donors (Lipinski definition) is 2. The number of thiazole rings is 1. The summed E-state index contributed by atoms with van der Waals surface area (Å²) < 4.78 is 0. The number of rotatable bonds is 3. The zero-order valence-electron chi connectivity index (χ0n) is 11.1. The van der Waals surface area contributed by atoms with Crippen LogP contribution in [0.1, 0.15) is 15.6 Å². The van der Waals surface area contributed by atoms with Crippen LogP contribution >= 0.6 is 11.3 Å². The highest BCUT2D eigenvalue weighted by Gasteiger charge is 2.28. The molecule has 1 aliphatic rings. The van der Waals surface area contributed by atoms with Gasteiger partial charge in [-0.2, -0.15) is 0 Å². The van der Waals surface area contributed by atoms with E-state index in [0.29, 0.717) is 6.54 Å². The van der Waals surface area contributed by atoms with Gasteiger partial charge in [-0.05, 0) is 13.8 Å². The molecule has 2 N–H and O–H groups in total. The van der Waals surface area contributed by atoms with Gasteiger partial charge in [-0.1, -0.05) is 0 Å². The average molecular weight is 268 g/mol. The molecule has 1 atom stereocenters. The van der Waals surface area contributed by atoms with E-state index in [9.17, 15) is 4.79 Å². The average Bonchev–Trinajstić information content (AvgIpc) is 2.68. The minimum absolute atomic E-state index is 0.0761. The van der Waals surface area contributed by atoms with E-state index in [0.717, 1.165) is 30.3 Å². The minimum atomic E-state index is -0.0896. The summed E-state index contributed by atoms with van der Waals surface area (Å²) in [5, 5.41) is 7.09. The van der Waals surface area contributed by atoms with Crippen molar-refractivity contribution in [1.29, 1.82) is 0 Å². The molecule has 0 bridgehead atoms. The maximum absolute atomic E-state index is 11.8. The smallest absolute Gasteiger partial charge is 0.238 e. The highest BCUT2D eigenvalue weighted by Crippen LogP contribution is 2.19. The van der Waals surface area contributed by atoms with Crippen LogP contribution in [0.4, 0.5) is 0 Å². The van der Waals surface area contributed by atoms with Crippen LogP contribution in [-0.2, 0) is 11.3 Å². The molecule has 0 spiro atoms. The molecule has 0 aromatic carbocycles. The van der Waals surface area contributed by atoms with Crippen LogP contribution in [0.2, 0.25) is 0 Å². The van der Waals surface area contributed by atoms with Crippen LogP contribution in [0.15, 0.2) is 0 Å². The number of piperazine rings is 1. The van der Waals surface area contributed by atoms with Gasteiger partial charge in [-0.15, -0.1) is 11.3 Å². The molecule has 1 saturated heterocycles. The normalized spacial score (nSPS) is 20.9. The van der Waals surface area contributed by atoms with E-state index < -0.39 is 0 Å².